The van der Waals surface area contributed by atoms with Gasteiger partial charge >= 0.3 is 17.4 Å². The minimum absolute atomic E-state index is 0. The van der Waals surface area contributed by atoms with Gasteiger partial charge in [-0.25, -0.2) is 0 Å². The van der Waals surface area contributed by atoms with Gasteiger partial charge in [-0.1, -0.05) is 122 Å². The molecule has 0 aromatic rings. The summed E-state index contributed by atoms with van der Waals surface area (Å²) >= 11 is 0. The van der Waals surface area contributed by atoms with Gasteiger partial charge in [0.25, 0.3) is 0 Å². The first kappa shape index (κ1) is 38.8. The van der Waals surface area contributed by atoms with Gasteiger partial charge < -0.3 is 17.8 Å². The molecule has 1 radical (unpaired) electrons. The summed E-state index contributed by atoms with van der Waals surface area (Å²) in [6.45, 7) is 41.0. The fourth-order valence-electron chi connectivity index (χ4n) is 2.76. The molecule has 0 unspecified atom stereocenters. The van der Waals surface area contributed by atoms with E-state index in [1.165, 1.54) is 19.3 Å². The Kier molecular flexibility index (Phi) is 21.3. The van der Waals surface area contributed by atoms with Crippen LogP contribution < -0.4 is 0 Å². The fourth-order valence-corrected chi connectivity index (χ4v) is 2.76. The van der Waals surface area contributed by atoms with Crippen LogP contribution in [0, 0.1) is 51.8 Å². The largest absolute Gasteiger partial charge is 3.00 e. The molecule has 31 heavy (non-hydrogen) atoms. The van der Waals surface area contributed by atoms with E-state index >= 15 is 0 Å². The van der Waals surface area contributed by atoms with Crippen molar-refractivity contribution < 1.29 is 17.4 Å². The predicted octanol–water partition coefficient (Wildman–Crippen LogP) is 11.0. The average Bonchev–Trinajstić information content (AvgIpc) is 2.43. The Balaban J connectivity index is -0.000000174. The minimum Gasteiger partial charge on any atom is -0.311 e. The number of hydrogen-bond donors (Lipinski definition) is 0. The zero-order chi connectivity index (χ0) is 25.1. The quantitative estimate of drug-likeness (QED) is 0.335. The van der Waals surface area contributed by atoms with Crippen molar-refractivity contribution in [2.24, 2.45) is 34.0 Å². The molecule has 0 aromatic carbocycles. The van der Waals surface area contributed by atoms with Crippen LogP contribution in [0.25, 0.3) is 0 Å². The monoisotopic (exact) mass is 475 g/mol. The van der Waals surface area contributed by atoms with E-state index in [4.69, 9.17) is 0 Å². The van der Waals surface area contributed by atoms with Gasteiger partial charge in [-0.05, 0) is 0 Å². The SMILES string of the molecule is C[C-](CC(C)C)C(C)(C)C.C[C-](CC(C)C)C(C)(C)C.C[C-](CC(C)C)C(C)(C)C.[Cr+3]. The molecular weight excluding hydrogens is 412 g/mol. The molecule has 0 spiro atoms. The van der Waals surface area contributed by atoms with E-state index in [0.717, 1.165) is 17.8 Å². The summed E-state index contributed by atoms with van der Waals surface area (Å²) < 4.78 is 0. The normalized spacial score (nSPS) is 12.8. The van der Waals surface area contributed by atoms with E-state index < -0.39 is 0 Å². The molecule has 0 nitrogen and oxygen atoms in total. The third kappa shape index (κ3) is 26.7. The maximum Gasteiger partial charge on any atom is 3.00 e. The molecule has 0 rings (SSSR count). The van der Waals surface area contributed by atoms with E-state index in [9.17, 15) is 0 Å². The van der Waals surface area contributed by atoms with Crippen LogP contribution in [0.2, 0.25) is 0 Å². The van der Waals surface area contributed by atoms with Gasteiger partial charge in [0.1, 0.15) is 0 Å². The second-order valence-corrected chi connectivity index (χ2v) is 13.9. The molecule has 0 aromatic heterocycles. The van der Waals surface area contributed by atoms with Crippen LogP contribution in [-0.4, -0.2) is 0 Å². The van der Waals surface area contributed by atoms with E-state index in [1.54, 1.807) is 17.8 Å². The van der Waals surface area contributed by atoms with Gasteiger partial charge in [-0.15, -0.1) is 0 Å². The van der Waals surface area contributed by atoms with Crippen LogP contribution in [0.4, 0.5) is 0 Å². The smallest absolute Gasteiger partial charge is 0.311 e. The number of hydrogen-bond acceptors (Lipinski definition) is 0. The molecule has 0 fully saturated rings. The summed E-state index contributed by atoms with van der Waals surface area (Å²) in [4.78, 5) is 0. The maximum atomic E-state index is 2.28. The Morgan fingerprint density at radius 2 is 0.548 bits per heavy atom. The molecule has 0 N–H and O–H groups in total. The Morgan fingerprint density at radius 3 is 0.581 bits per heavy atom. The summed E-state index contributed by atoms with van der Waals surface area (Å²) in [6, 6.07) is 0. The second-order valence-electron chi connectivity index (χ2n) is 13.9. The van der Waals surface area contributed by atoms with Gasteiger partial charge in [0.15, 0.2) is 0 Å². The van der Waals surface area contributed by atoms with Gasteiger partial charge in [0.2, 0.25) is 0 Å². The van der Waals surface area contributed by atoms with Crippen LogP contribution in [0.3, 0.4) is 0 Å². The summed E-state index contributed by atoms with van der Waals surface area (Å²) in [5.41, 5.74) is 1.22. The Hall–Kier alpha value is 0.532. The summed E-state index contributed by atoms with van der Waals surface area (Å²) in [5, 5.41) is 0. The zero-order valence-corrected chi connectivity index (χ0v) is 26.5. The van der Waals surface area contributed by atoms with Crippen molar-refractivity contribution in [2.75, 3.05) is 0 Å². The average molecular weight is 476 g/mol. The van der Waals surface area contributed by atoms with Gasteiger partial charge in [-0.3, -0.25) is 0 Å². The van der Waals surface area contributed by atoms with Crippen molar-refractivity contribution in [3.8, 4) is 0 Å². The summed E-state index contributed by atoms with van der Waals surface area (Å²) in [7, 11) is 0. The molecule has 0 saturated carbocycles. The Morgan fingerprint density at radius 1 is 0.419 bits per heavy atom. The molecule has 189 valence electrons. The molecule has 0 heterocycles. The predicted molar refractivity (Wildman–Crippen MR) is 143 cm³/mol. The first-order chi connectivity index (χ1) is 13.0. The molecule has 0 atom stereocenters. The van der Waals surface area contributed by atoms with Crippen molar-refractivity contribution >= 4 is 0 Å². The van der Waals surface area contributed by atoms with Crippen LogP contribution in [0.1, 0.15) is 144 Å². The molecule has 0 aliphatic rings. The maximum absolute atomic E-state index is 2.28. The fraction of sp³-hybridized carbons (Fsp3) is 0.900. The first-order valence-corrected chi connectivity index (χ1v) is 12.5. The number of rotatable bonds is 6. The Labute approximate surface area is 212 Å². The minimum atomic E-state index is 0. The first-order valence-electron chi connectivity index (χ1n) is 12.5. The van der Waals surface area contributed by atoms with Gasteiger partial charge in [0.05, 0.1) is 0 Å². The van der Waals surface area contributed by atoms with Gasteiger partial charge in [0, 0.05) is 0 Å². The second kappa shape index (κ2) is 17.0. The van der Waals surface area contributed by atoms with E-state index in [2.05, 4.69) is 125 Å². The van der Waals surface area contributed by atoms with Crippen LogP contribution in [0.5, 0.6) is 0 Å². The van der Waals surface area contributed by atoms with Crippen molar-refractivity contribution in [1.82, 2.24) is 0 Å². The third-order valence-corrected chi connectivity index (χ3v) is 5.98. The molecule has 0 bridgehead atoms. The van der Waals surface area contributed by atoms with E-state index in [-0.39, 0.29) is 17.4 Å². The molecular formula is C30H63Cr. The summed E-state index contributed by atoms with van der Waals surface area (Å²) in [6.07, 6.45) is 3.80. The zero-order valence-electron chi connectivity index (χ0n) is 25.3. The van der Waals surface area contributed by atoms with Crippen molar-refractivity contribution in [3.05, 3.63) is 17.8 Å². The van der Waals surface area contributed by atoms with Crippen molar-refractivity contribution in [1.29, 1.82) is 0 Å². The molecule has 0 aliphatic heterocycles. The van der Waals surface area contributed by atoms with Gasteiger partial charge in [-0.2, -0.15) is 56.3 Å². The van der Waals surface area contributed by atoms with Crippen LogP contribution >= 0.6 is 0 Å². The van der Waals surface area contributed by atoms with E-state index in [1.807, 2.05) is 0 Å². The van der Waals surface area contributed by atoms with E-state index in [0.29, 0.717) is 16.2 Å². The van der Waals surface area contributed by atoms with Crippen molar-refractivity contribution in [3.63, 3.8) is 0 Å². The molecule has 0 saturated heterocycles. The summed E-state index contributed by atoms with van der Waals surface area (Å²) in [5.74, 6) is 7.25. The standard InChI is InChI=1S/3C10H21.Cr/c3*1-8(2)7-9(3)10(4,5)6;/h3*8H,7H2,1-6H3;/q3*-1;+3. The van der Waals surface area contributed by atoms with Crippen LogP contribution in [0.15, 0.2) is 0 Å². The molecule has 1 heteroatoms. The molecule has 0 aliphatic carbocycles. The van der Waals surface area contributed by atoms with Crippen LogP contribution in [-0.2, 0) is 17.4 Å². The Bertz CT molecular complexity index is 322. The molecule has 0 amide bonds. The third-order valence-electron chi connectivity index (χ3n) is 5.98. The topological polar surface area (TPSA) is 0 Å². The van der Waals surface area contributed by atoms with Crippen molar-refractivity contribution in [2.45, 2.75) is 144 Å².